The Balaban J connectivity index is 2.34. The average Bonchev–Trinajstić information content (AvgIpc) is 2.63. The Labute approximate surface area is 115 Å². The molecule has 2 rings (SSSR count). The molecule has 1 unspecified atom stereocenters. The zero-order chi connectivity index (χ0) is 14.2. The van der Waals surface area contributed by atoms with E-state index < -0.39 is 11.9 Å². The van der Waals surface area contributed by atoms with Gasteiger partial charge in [-0.2, -0.15) is 0 Å². The fraction of sp³-hybridized carbons (Fsp3) is 0.333. The molecule has 5 N–H and O–H groups in total. The number of carbonyl (C=O) groups excluding carboxylic acids is 2. The lowest BCUT2D eigenvalue weighted by atomic mass is 10.1. The second-order valence-corrected chi connectivity index (χ2v) is 4.94. The molecular weight excluding hydrogens is 268 g/mol. The van der Waals surface area contributed by atoms with Crippen LogP contribution in [-0.4, -0.2) is 36.3 Å². The number of nitrogen functional groups attached to an aromatic ring is 1. The Morgan fingerprint density at radius 1 is 1.53 bits per heavy atom. The minimum absolute atomic E-state index is 0.0386. The summed E-state index contributed by atoms with van der Waals surface area (Å²) < 4.78 is 0. The highest BCUT2D eigenvalue weighted by molar-refractivity contribution is 6.34. The van der Waals surface area contributed by atoms with Crippen LogP contribution in [0.3, 0.4) is 0 Å². The third-order valence-corrected chi connectivity index (χ3v) is 3.42. The molecule has 1 aliphatic heterocycles. The molecule has 102 valence electrons. The van der Waals surface area contributed by atoms with Gasteiger partial charge in [0.25, 0.3) is 5.91 Å². The predicted molar refractivity (Wildman–Crippen MR) is 74.0 cm³/mol. The van der Waals surface area contributed by atoms with Gasteiger partial charge in [0.15, 0.2) is 0 Å². The lowest BCUT2D eigenvalue weighted by Crippen LogP contribution is -2.32. The number of nitrogens with two attached hydrogens (primary N) is 2. The van der Waals surface area contributed by atoms with Crippen molar-refractivity contribution in [1.82, 2.24) is 4.90 Å². The van der Waals surface area contributed by atoms with Gasteiger partial charge in [0.1, 0.15) is 6.04 Å². The van der Waals surface area contributed by atoms with Crippen LogP contribution in [0, 0.1) is 0 Å². The van der Waals surface area contributed by atoms with Crippen molar-refractivity contribution in [3.8, 4) is 0 Å². The molecule has 1 atom stereocenters. The summed E-state index contributed by atoms with van der Waals surface area (Å²) in [6.45, 7) is 0.662. The average molecular weight is 283 g/mol. The van der Waals surface area contributed by atoms with Crippen LogP contribution in [0.4, 0.5) is 11.4 Å². The Bertz CT molecular complexity index is 547. The quantitative estimate of drug-likeness (QED) is 0.709. The molecule has 1 heterocycles. The molecule has 2 amide bonds. The summed E-state index contributed by atoms with van der Waals surface area (Å²) in [5.74, 6) is -0.682. The van der Waals surface area contributed by atoms with E-state index in [1.54, 1.807) is 11.9 Å². The van der Waals surface area contributed by atoms with Gasteiger partial charge in [0.05, 0.1) is 16.3 Å². The maximum atomic E-state index is 11.8. The van der Waals surface area contributed by atoms with E-state index in [1.807, 2.05) is 0 Å². The maximum absolute atomic E-state index is 11.8. The van der Waals surface area contributed by atoms with E-state index in [-0.39, 0.29) is 16.5 Å². The largest absolute Gasteiger partial charge is 0.399 e. The standard InChI is InChI=1S/C12H15ClN4O2/c1-17-3-2-9(12(17)19)16-10-7(11(15)18)4-6(14)5-8(10)13/h4-5,9,16H,2-3,14H2,1H3,(H2,15,18). The molecule has 0 aromatic heterocycles. The zero-order valence-electron chi connectivity index (χ0n) is 10.4. The number of rotatable bonds is 3. The fourth-order valence-electron chi connectivity index (χ4n) is 2.10. The van der Waals surface area contributed by atoms with Gasteiger partial charge in [-0.1, -0.05) is 11.6 Å². The van der Waals surface area contributed by atoms with E-state index in [9.17, 15) is 9.59 Å². The van der Waals surface area contributed by atoms with E-state index in [0.717, 1.165) is 0 Å². The molecule has 0 aliphatic carbocycles. The van der Waals surface area contributed by atoms with Crippen molar-refractivity contribution in [2.24, 2.45) is 5.73 Å². The van der Waals surface area contributed by atoms with Crippen LogP contribution in [0.15, 0.2) is 12.1 Å². The molecule has 1 aromatic carbocycles. The first-order valence-electron chi connectivity index (χ1n) is 5.80. The van der Waals surface area contributed by atoms with Crippen LogP contribution < -0.4 is 16.8 Å². The van der Waals surface area contributed by atoms with Gasteiger partial charge < -0.3 is 21.7 Å². The van der Waals surface area contributed by atoms with Gasteiger partial charge in [-0.3, -0.25) is 9.59 Å². The highest BCUT2D eigenvalue weighted by atomic mass is 35.5. The van der Waals surface area contributed by atoms with Crippen LogP contribution in [-0.2, 0) is 4.79 Å². The fourth-order valence-corrected chi connectivity index (χ4v) is 2.38. The number of likely N-dealkylation sites (tertiary alicyclic amines) is 1. The van der Waals surface area contributed by atoms with Crippen molar-refractivity contribution in [3.63, 3.8) is 0 Å². The molecule has 0 spiro atoms. The van der Waals surface area contributed by atoms with Crippen molar-refractivity contribution in [1.29, 1.82) is 0 Å². The van der Waals surface area contributed by atoms with Crippen molar-refractivity contribution >= 4 is 34.8 Å². The normalized spacial score (nSPS) is 18.7. The van der Waals surface area contributed by atoms with Crippen LogP contribution >= 0.6 is 11.6 Å². The van der Waals surface area contributed by atoms with Crippen molar-refractivity contribution < 1.29 is 9.59 Å². The van der Waals surface area contributed by atoms with Gasteiger partial charge in [-0.25, -0.2) is 0 Å². The van der Waals surface area contributed by atoms with Crippen LogP contribution in [0.25, 0.3) is 0 Å². The van der Waals surface area contributed by atoms with E-state index in [4.69, 9.17) is 23.1 Å². The number of anilines is 2. The molecule has 1 aliphatic rings. The summed E-state index contributed by atoms with van der Waals surface area (Å²) in [5, 5.41) is 3.26. The first-order valence-corrected chi connectivity index (χ1v) is 6.18. The third-order valence-electron chi connectivity index (χ3n) is 3.12. The highest BCUT2D eigenvalue weighted by Crippen LogP contribution is 2.30. The van der Waals surface area contributed by atoms with Crippen molar-refractivity contribution in [3.05, 3.63) is 22.7 Å². The Morgan fingerprint density at radius 2 is 2.21 bits per heavy atom. The number of benzene rings is 1. The predicted octanol–water partition coefficient (Wildman–Crippen LogP) is 0.664. The Hall–Kier alpha value is -1.95. The number of halogens is 1. The van der Waals surface area contributed by atoms with Crippen LogP contribution in [0.5, 0.6) is 0 Å². The van der Waals surface area contributed by atoms with E-state index in [1.165, 1.54) is 12.1 Å². The number of hydrogen-bond acceptors (Lipinski definition) is 4. The summed E-state index contributed by atoms with van der Waals surface area (Å²) in [6, 6.07) is 2.56. The van der Waals surface area contributed by atoms with Gasteiger partial charge in [0.2, 0.25) is 5.91 Å². The molecule has 1 fully saturated rings. The summed E-state index contributed by atoms with van der Waals surface area (Å²) in [5.41, 5.74) is 11.8. The van der Waals surface area contributed by atoms with Crippen molar-refractivity contribution in [2.75, 3.05) is 24.6 Å². The molecule has 7 heteroatoms. The third kappa shape index (κ3) is 2.58. The van der Waals surface area contributed by atoms with Gasteiger partial charge in [-0.15, -0.1) is 0 Å². The molecule has 0 saturated carbocycles. The molecule has 1 saturated heterocycles. The summed E-state index contributed by atoms with van der Waals surface area (Å²) >= 11 is 6.07. The van der Waals surface area contributed by atoms with Gasteiger partial charge in [0, 0.05) is 19.3 Å². The number of likely N-dealkylation sites (N-methyl/N-ethyl adjacent to an activating group) is 1. The lowest BCUT2D eigenvalue weighted by molar-refractivity contribution is -0.127. The molecule has 1 aromatic rings. The molecular formula is C12H15ClN4O2. The first kappa shape index (κ1) is 13.5. The minimum atomic E-state index is -0.643. The smallest absolute Gasteiger partial charge is 0.250 e. The molecule has 6 nitrogen and oxygen atoms in total. The SMILES string of the molecule is CN1CCC(Nc2c(Cl)cc(N)cc2C(N)=O)C1=O. The van der Waals surface area contributed by atoms with E-state index >= 15 is 0 Å². The van der Waals surface area contributed by atoms with Gasteiger partial charge in [-0.05, 0) is 18.6 Å². The second-order valence-electron chi connectivity index (χ2n) is 4.53. The highest BCUT2D eigenvalue weighted by Gasteiger charge is 2.30. The number of nitrogens with zero attached hydrogens (tertiary/aromatic N) is 1. The summed E-state index contributed by atoms with van der Waals surface area (Å²) in [6.07, 6.45) is 0.647. The second kappa shape index (κ2) is 4.97. The Morgan fingerprint density at radius 3 is 2.74 bits per heavy atom. The number of nitrogens with one attached hydrogen (secondary N) is 1. The number of hydrogen-bond donors (Lipinski definition) is 3. The molecule has 0 bridgehead atoms. The van der Waals surface area contributed by atoms with Crippen LogP contribution in [0.1, 0.15) is 16.8 Å². The zero-order valence-corrected chi connectivity index (χ0v) is 11.2. The van der Waals surface area contributed by atoms with E-state index in [2.05, 4.69) is 5.32 Å². The Kier molecular flexibility index (Phi) is 3.53. The monoisotopic (exact) mass is 282 g/mol. The van der Waals surface area contributed by atoms with Gasteiger partial charge >= 0.3 is 0 Å². The summed E-state index contributed by atoms with van der Waals surface area (Å²) in [4.78, 5) is 24.9. The minimum Gasteiger partial charge on any atom is -0.399 e. The van der Waals surface area contributed by atoms with Crippen LogP contribution in [0.2, 0.25) is 5.02 Å². The summed E-state index contributed by atoms with van der Waals surface area (Å²) in [7, 11) is 1.73. The molecule has 0 radical (unpaired) electrons. The lowest BCUT2D eigenvalue weighted by Gasteiger charge is -2.17. The topological polar surface area (TPSA) is 101 Å². The maximum Gasteiger partial charge on any atom is 0.250 e. The number of carbonyl (C=O) groups is 2. The number of primary amides is 1. The first-order chi connectivity index (χ1) is 8.90. The van der Waals surface area contributed by atoms with Crippen molar-refractivity contribution in [2.45, 2.75) is 12.5 Å². The number of amides is 2. The van der Waals surface area contributed by atoms with E-state index in [0.29, 0.717) is 24.3 Å². The molecule has 19 heavy (non-hydrogen) atoms.